The first-order chi connectivity index (χ1) is 18.7. The minimum Gasteiger partial charge on any atom is -0.496 e. The van der Waals surface area contributed by atoms with E-state index in [-0.39, 0.29) is 11.3 Å². The standard InChI is InChI=1S/C29H35N7O3/c1-19-7-9-21(31-27(37)22-15-20(29(2,3)4)8-10-26(22)38-6)16-24(19)36-18-23(32-33-36)25-17-30-28(34(25)5)35-11-13-39-14-12-35/h7-10,15-18H,11-14H2,1-6H3,(H,31,37). The van der Waals surface area contributed by atoms with Gasteiger partial charge < -0.3 is 24.3 Å². The Hall–Kier alpha value is -4.18. The van der Waals surface area contributed by atoms with Crippen molar-refractivity contribution >= 4 is 17.5 Å². The van der Waals surface area contributed by atoms with E-state index in [1.54, 1.807) is 11.8 Å². The summed E-state index contributed by atoms with van der Waals surface area (Å²) >= 11 is 0. The summed E-state index contributed by atoms with van der Waals surface area (Å²) in [6, 6.07) is 11.5. The molecular weight excluding hydrogens is 494 g/mol. The van der Waals surface area contributed by atoms with Crippen LogP contribution in [0.4, 0.5) is 11.6 Å². The molecule has 204 valence electrons. The van der Waals surface area contributed by atoms with E-state index in [4.69, 9.17) is 9.47 Å². The van der Waals surface area contributed by atoms with Gasteiger partial charge in [-0.1, -0.05) is 38.1 Å². The lowest BCUT2D eigenvalue weighted by atomic mass is 9.86. The number of aromatic nitrogens is 5. The lowest BCUT2D eigenvalue weighted by Gasteiger charge is -2.27. The number of ether oxygens (including phenoxy) is 2. The molecular formula is C29H35N7O3. The molecule has 5 rings (SSSR count). The minimum atomic E-state index is -0.238. The fourth-order valence-electron chi connectivity index (χ4n) is 4.68. The van der Waals surface area contributed by atoms with Gasteiger partial charge >= 0.3 is 0 Å². The van der Waals surface area contributed by atoms with E-state index in [9.17, 15) is 4.79 Å². The summed E-state index contributed by atoms with van der Waals surface area (Å²) in [7, 11) is 3.55. The van der Waals surface area contributed by atoms with Gasteiger partial charge in [0.25, 0.3) is 5.91 Å². The number of benzene rings is 2. The highest BCUT2D eigenvalue weighted by Crippen LogP contribution is 2.29. The van der Waals surface area contributed by atoms with Crippen LogP contribution in [0.15, 0.2) is 48.8 Å². The number of rotatable bonds is 6. The monoisotopic (exact) mass is 529 g/mol. The number of nitrogens with one attached hydrogen (secondary N) is 1. The fraction of sp³-hybridized carbons (Fsp3) is 0.379. The lowest BCUT2D eigenvalue weighted by Crippen LogP contribution is -2.37. The molecule has 1 aliphatic rings. The second-order valence-corrected chi connectivity index (χ2v) is 10.8. The highest BCUT2D eigenvalue weighted by molar-refractivity contribution is 6.06. The van der Waals surface area contributed by atoms with E-state index in [1.807, 2.05) is 67.3 Å². The highest BCUT2D eigenvalue weighted by Gasteiger charge is 2.21. The summed E-state index contributed by atoms with van der Waals surface area (Å²) in [5, 5.41) is 11.8. The Bertz CT molecular complexity index is 1490. The van der Waals surface area contributed by atoms with Gasteiger partial charge in [0, 0.05) is 25.8 Å². The molecule has 0 atom stereocenters. The second kappa shape index (κ2) is 10.5. The zero-order valence-electron chi connectivity index (χ0n) is 23.4. The van der Waals surface area contributed by atoms with Gasteiger partial charge in [-0.15, -0.1) is 5.10 Å². The molecule has 2 aromatic carbocycles. The summed E-state index contributed by atoms with van der Waals surface area (Å²) in [4.78, 5) is 20.2. The molecule has 4 aromatic rings. The summed E-state index contributed by atoms with van der Waals surface area (Å²) in [6.45, 7) is 11.3. The number of methoxy groups -OCH3 is 1. The molecule has 10 heteroatoms. The number of hydrogen-bond acceptors (Lipinski definition) is 7. The maximum absolute atomic E-state index is 13.3. The SMILES string of the molecule is COc1ccc(C(C)(C)C)cc1C(=O)Nc1ccc(C)c(-n2cc(-c3cnc(N4CCOCC4)n3C)nn2)c1. The molecule has 3 heterocycles. The van der Waals surface area contributed by atoms with Crippen molar-refractivity contribution in [2.24, 2.45) is 7.05 Å². The largest absolute Gasteiger partial charge is 0.496 e. The molecule has 39 heavy (non-hydrogen) atoms. The van der Waals surface area contributed by atoms with E-state index in [0.717, 1.165) is 41.5 Å². The molecule has 0 bridgehead atoms. The topological polar surface area (TPSA) is 99.3 Å². The van der Waals surface area contributed by atoms with Crippen LogP contribution in [-0.2, 0) is 17.2 Å². The quantitative estimate of drug-likeness (QED) is 0.396. The van der Waals surface area contributed by atoms with E-state index in [1.165, 1.54) is 0 Å². The Balaban J connectivity index is 1.40. The van der Waals surface area contributed by atoms with Crippen molar-refractivity contribution in [1.29, 1.82) is 0 Å². The van der Waals surface area contributed by atoms with Gasteiger partial charge in [-0.05, 0) is 47.7 Å². The van der Waals surface area contributed by atoms with Gasteiger partial charge in [-0.3, -0.25) is 4.79 Å². The number of amides is 1. The summed E-state index contributed by atoms with van der Waals surface area (Å²) < 4.78 is 14.7. The number of hydrogen-bond donors (Lipinski definition) is 1. The van der Waals surface area contributed by atoms with Gasteiger partial charge in [0.2, 0.25) is 5.95 Å². The second-order valence-electron chi connectivity index (χ2n) is 10.8. The number of carbonyl (C=O) groups is 1. The molecule has 1 amide bonds. The first-order valence-electron chi connectivity index (χ1n) is 13.0. The van der Waals surface area contributed by atoms with Crippen molar-refractivity contribution in [1.82, 2.24) is 24.5 Å². The fourth-order valence-corrected chi connectivity index (χ4v) is 4.68. The van der Waals surface area contributed by atoms with Crippen molar-refractivity contribution in [3.05, 3.63) is 65.5 Å². The zero-order chi connectivity index (χ0) is 27.7. The van der Waals surface area contributed by atoms with Crippen LogP contribution >= 0.6 is 0 Å². The van der Waals surface area contributed by atoms with Crippen molar-refractivity contribution in [2.45, 2.75) is 33.1 Å². The molecule has 0 saturated carbocycles. The first kappa shape index (κ1) is 26.4. The average Bonchev–Trinajstić information content (AvgIpc) is 3.56. The number of carbonyl (C=O) groups excluding carboxylic acids is 1. The predicted molar refractivity (Wildman–Crippen MR) is 151 cm³/mol. The van der Waals surface area contributed by atoms with Crippen LogP contribution in [0.2, 0.25) is 0 Å². The lowest BCUT2D eigenvalue weighted by molar-refractivity contribution is 0.102. The van der Waals surface area contributed by atoms with Gasteiger partial charge in [-0.2, -0.15) is 0 Å². The van der Waals surface area contributed by atoms with Crippen molar-refractivity contribution in [3.63, 3.8) is 0 Å². The molecule has 0 unspecified atom stereocenters. The smallest absolute Gasteiger partial charge is 0.259 e. The Morgan fingerprint density at radius 1 is 1.10 bits per heavy atom. The summed E-state index contributed by atoms with van der Waals surface area (Å²) in [5.74, 6) is 1.17. The normalized spacial score (nSPS) is 13.9. The van der Waals surface area contributed by atoms with E-state index < -0.39 is 0 Å². The van der Waals surface area contributed by atoms with Crippen LogP contribution < -0.4 is 15.0 Å². The molecule has 10 nitrogen and oxygen atoms in total. The maximum atomic E-state index is 13.3. The molecule has 2 aromatic heterocycles. The summed E-state index contributed by atoms with van der Waals surface area (Å²) in [5.41, 5.74) is 5.49. The Kier molecular flexibility index (Phi) is 7.14. The number of imidazole rings is 1. The Labute approximate surface area is 228 Å². The third kappa shape index (κ3) is 5.37. The van der Waals surface area contributed by atoms with Crippen molar-refractivity contribution in [2.75, 3.05) is 43.6 Å². The number of morpholine rings is 1. The zero-order valence-corrected chi connectivity index (χ0v) is 23.4. The van der Waals surface area contributed by atoms with E-state index >= 15 is 0 Å². The van der Waals surface area contributed by atoms with Crippen LogP contribution in [0.25, 0.3) is 17.1 Å². The predicted octanol–water partition coefficient (Wildman–Crippen LogP) is 4.37. The van der Waals surface area contributed by atoms with E-state index in [0.29, 0.717) is 35.9 Å². The highest BCUT2D eigenvalue weighted by atomic mass is 16.5. The van der Waals surface area contributed by atoms with Gasteiger partial charge in [0.05, 0.1) is 49.7 Å². The number of anilines is 2. The van der Waals surface area contributed by atoms with Crippen LogP contribution in [0.5, 0.6) is 5.75 Å². The van der Waals surface area contributed by atoms with Crippen LogP contribution in [0, 0.1) is 6.92 Å². The van der Waals surface area contributed by atoms with Gasteiger partial charge in [0.1, 0.15) is 11.4 Å². The molecule has 0 spiro atoms. The number of nitrogens with zero attached hydrogens (tertiary/aromatic N) is 6. The van der Waals surface area contributed by atoms with Crippen LogP contribution in [-0.4, -0.2) is 63.9 Å². The molecule has 1 N–H and O–H groups in total. The van der Waals surface area contributed by atoms with Gasteiger partial charge in [-0.25, -0.2) is 9.67 Å². The van der Waals surface area contributed by atoms with Crippen molar-refractivity contribution in [3.8, 4) is 22.8 Å². The molecule has 1 aliphatic heterocycles. The molecule has 0 aliphatic carbocycles. The third-order valence-electron chi connectivity index (χ3n) is 7.04. The van der Waals surface area contributed by atoms with Crippen molar-refractivity contribution < 1.29 is 14.3 Å². The molecule has 0 radical (unpaired) electrons. The Morgan fingerprint density at radius 3 is 2.59 bits per heavy atom. The van der Waals surface area contributed by atoms with Crippen LogP contribution in [0.3, 0.4) is 0 Å². The third-order valence-corrected chi connectivity index (χ3v) is 7.04. The first-order valence-corrected chi connectivity index (χ1v) is 13.0. The number of aryl methyl sites for hydroxylation is 1. The molecule has 1 fully saturated rings. The van der Waals surface area contributed by atoms with Gasteiger partial charge in [0.15, 0.2) is 0 Å². The van der Waals surface area contributed by atoms with Crippen LogP contribution in [0.1, 0.15) is 42.3 Å². The maximum Gasteiger partial charge on any atom is 0.259 e. The molecule has 1 saturated heterocycles. The van der Waals surface area contributed by atoms with E-state index in [2.05, 4.69) is 46.3 Å². The minimum absolute atomic E-state index is 0.0973. The summed E-state index contributed by atoms with van der Waals surface area (Å²) in [6.07, 6.45) is 3.70. The average molecular weight is 530 g/mol. The Morgan fingerprint density at radius 2 is 1.87 bits per heavy atom.